The molecule has 0 atom stereocenters. The molecule has 0 amide bonds. The number of benzene rings is 2. The zero-order chi connectivity index (χ0) is 15.6. The van der Waals surface area contributed by atoms with Crippen LogP contribution in [0.1, 0.15) is 5.56 Å². The van der Waals surface area contributed by atoms with Gasteiger partial charge in [-0.15, -0.1) is 0 Å². The summed E-state index contributed by atoms with van der Waals surface area (Å²) in [7, 11) is -2.45. The summed E-state index contributed by atoms with van der Waals surface area (Å²) in [4.78, 5) is -0.0380. The predicted octanol–water partition coefficient (Wildman–Crippen LogP) is 3.55. The van der Waals surface area contributed by atoms with Crippen molar-refractivity contribution in [3.05, 3.63) is 64.1 Å². The van der Waals surface area contributed by atoms with E-state index < -0.39 is 21.7 Å². The Hall–Kier alpha value is -1.31. The lowest BCUT2D eigenvalue weighted by Crippen LogP contribution is -2.26. The van der Waals surface area contributed by atoms with Crippen LogP contribution in [0.25, 0.3) is 0 Å². The summed E-state index contributed by atoms with van der Waals surface area (Å²) >= 11 is 3.14. The molecule has 0 fully saturated rings. The average Bonchev–Trinajstić information content (AvgIpc) is 2.42. The van der Waals surface area contributed by atoms with Gasteiger partial charge in [-0.05, 0) is 36.4 Å². The van der Waals surface area contributed by atoms with Crippen molar-refractivity contribution < 1.29 is 17.2 Å². The molecule has 0 spiro atoms. The molecule has 0 radical (unpaired) electrons. The first-order chi connectivity index (χ1) is 9.80. The van der Waals surface area contributed by atoms with Crippen LogP contribution in [0, 0.1) is 11.6 Å². The Morgan fingerprint density at radius 2 is 1.71 bits per heavy atom. The smallest absolute Gasteiger partial charge is 0.207 e. The molecule has 0 aliphatic heterocycles. The Morgan fingerprint density at radius 1 is 1.10 bits per heavy atom. The van der Waals surface area contributed by atoms with E-state index >= 15 is 0 Å². The van der Waals surface area contributed by atoms with Crippen molar-refractivity contribution in [3.8, 4) is 0 Å². The standard InChI is InChI=1S/C14H12BrF2NO2S/c1-18(9-10-2-3-11(15)8-14(10)17)21(19,20)13-6-4-12(16)5-7-13/h2-8H,9H2,1H3. The van der Waals surface area contributed by atoms with Crippen LogP contribution < -0.4 is 0 Å². The highest BCUT2D eigenvalue weighted by Crippen LogP contribution is 2.20. The Labute approximate surface area is 130 Å². The highest BCUT2D eigenvalue weighted by Gasteiger charge is 2.21. The second-order valence-corrected chi connectivity index (χ2v) is 7.41. The topological polar surface area (TPSA) is 37.4 Å². The number of hydrogen-bond acceptors (Lipinski definition) is 2. The van der Waals surface area contributed by atoms with Gasteiger partial charge in [0.1, 0.15) is 11.6 Å². The van der Waals surface area contributed by atoms with Crippen molar-refractivity contribution in [1.82, 2.24) is 4.31 Å². The SMILES string of the molecule is CN(Cc1ccc(Br)cc1F)S(=O)(=O)c1ccc(F)cc1. The molecule has 112 valence electrons. The van der Waals surface area contributed by atoms with Crippen LogP contribution in [0.5, 0.6) is 0 Å². The first-order valence-electron chi connectivity index (χ1n) is 5.96. The van der Waals surface area contributed by atoms with Crippen LogP contribution in [0.4, 0.5) is 8.78 Å². The van der Waals surface area contributed by atoms with Crippen molar-refractivity contribution in [2.45, 2.75) is 11.4 Å². The third kappa shape index (κ3) is 3.66. The molecule has 0 aromatic heterocycles. The average molecular weight is 376 g/mol. The van der Waals surface area contributed by atoms with Gasteiger partial charge in [0.15, 0.2) is 0 Å². The van der Waals surface area contributed by atoms with Crippen molar-refractivity contribution >= 4 is 26.0 Å². The van der Waals surface area contributed by atoms with Gasteiger partial charge < -0.3 is 0 Å². The van der Waals surface area contributed by atoms with Crippen LogP contribution in [0.15, 0.2) is 51.8 Å². The molecule has 0 aliphatic rings. The fourth-order valence-electron chi connectivity index (χ4n) is 1.76. The summed E-state index contributed by atoms with van der Waals surface area (Å²) in [5.74, 6) is -1.01. The monoisotopic (exact) mass is 375 g/mol. The summed E-state index contributed by atoms with van der Waals surface area (Å²) in [6.45, 7) is -0.112. The first-order valence-corrected chi connectivity index (χ1v) is 8.20. The van der Waals surface area contributed by atoms with Gasteiger partial charge in [0, 0.05) is 23.6 Å². The second kappa shape index (κ2) is 6.21. The molecule has 0 heterocycles. The molecule has 3 nitrogen and oxygen atoms in total. The van der Waals surface area contributed by atoms with Crippen molar-refractivity contribution in [3.63, 3.8) is 0 Å². The minimum absolute atomic E-state index is 0.0380. The molecule has 0 saturated heterocycles. The largest absolute Gasteiger partial charge is 0.243 e. The maximum Gasteiger partial charge on any atom is 0.243 e. The van der Waals surface area contributed by atoms with Crippen molar-refractivity contribution in [2.24, 2.45) is 0 Å². The molecule has 0 bridgehead atoms. The maximum absolute atomic E-state index is 13.8. The third-order valence-electron chi connectivity index (χ3n) is 2.93. The van der Waals surface area contributed by atoms with Gasteiger partial charge in [-0.2, -0.15) is 4.31 Å². The van der Waals surface area contributed by atoms with E-state index in [0.29, 0.717) is 4.47 Å². The summed E-state index contributed by atoms with van der Waals surface area (Å²) in [5, 5.41) is 0. The minimum atomic E-state index is -3.79. The normalized spacial score (nSPS) is 11.9. The molecule has 2 aromatic rings. The quantitative estimate of drug-likeness (QED) is 0.819. The summed E-state index contributed by atoms with van der Waals surface area (Å²) in [6, 6.07) is 8.92. The second-order valence-electron chi connectivity index (χ2n) is 4.45. The van der Waals surface area contributed by atoms with E-state index in [0.717, 1.165) is 16.4 Å². The Morgan fingerprint density at radius 3 is 2.29 bits per heavy atom. The van der Waals surface area contributed by atoms with Gasteiger partial charge in [0.2, 0.25) is 10.0 Å². The van der Waals surface area contributed by atoms with Crippen LogP contribution in [0.2, 0.25) is 0 Å². The number of halogens is 3. The summed E-state index contributed by atoms with van der Waals surface area (Å²) < 4.78 is 52.8. The summed E-state index contributed by atoms with van der Waals surface area (Å²) in [6.07, 6.45) is 0. The summed E-state index contributed by atoms with van der Waals surface area (Å²) in [5.41, 5.74) is 0.256. The Kier molecular flexibility index (Phi) is 4.75. The lowest BCUT2D eigenvalue weighted by Gasteiger charge is -2.17. The minimum Gasteiger partial charge on any atom is -0.207 e. The molecule has 21 heavy (non-hydrogen) atoms. The third-order valence-corrected chi connectivity index (χ3v) is 5.24. The molecular formula is C14H12BrF2NO2S. The van der Waals surface area contributed by atoms with Crippen LogP contribution in [0.3, 0.4) is 0 Å². The lowest BCUT2D eigenvalue weighted by molar-refractivity contribution is 0.456. The number of rotatable bonds is 4. The van der Waals surface area contributed by atoms with Crippen molar-refractivity contribution in [1.29, 1.82) is 0 Å². The number of sulfonamides is 1. The van der Waals surface area contributed by atoms with E-state index in [9.17, 15) is 17.2 Å². The van der Waals surface area contributed by atoms with Gasteiger partial charge in [-0.3, -0.25) is 0 Å². The van der Waals surface area contributed by atoms with Crippen LogP contribution in [-0.2, 0) is 16.6 Å². The lowest BCUT2D eigenvalue weighted by atomic mass is 10.2. The van der Waals surface area contributed by atoms with Gasteiger partial charge in [0.05, 0.1) is 4.90 Å². The fourth-order valence-corrected chi connectivity index (χ4v) is 3.24. The zero-order valence-corrected chi connectivity index (χ0v) is 13.5. The van der Waals surface area contributed by atoms with Crippen molar-refractivity contribution in [2.75, 3.05) is 7.05 Å². The molecule has 0 saturated carbocycles. The molecule has 7 heteroatoms. The van der Waals surface area contributed by atoms with E-state index in [4.69, 9.17) is 0 Å². The molecule has 0 aliphatic carbocycles. The van der Waals surface area contributed by atoms with Gasteiger partial charge in [-0.25, -0.2) is 17.2 Å². The highest BCUT2D eigenvalue weighted by atomic mass is 79.9. The Bertz CT molecular complexity index is 748. The van der Waals surface area contributed by atoms with E-state index in [1.54, 1.807) is 6.07 Å². The van der Waals surface area contributed by atoms with E-state index in [-0.39, 0.29) is 17.0 Å². The zero-order valence-electron chi connectivity index (χ0n) is 11.1. The molecular weight excluding hydrogens is 364 g/mol. The Balaban J connectivity index is 2.26. The van der Waals surface area contributed by atoms with Crippen LogP contribution in [-0.4, -0.2) is 19.8 Å². The molecule has 0 unspecified atom stereocenters. The molecule has 2 aromatic carbocycles. The highest BCUT2D eigenvalue weighted by molar-refractivity contribution is 9.10. The maximum atomic E-state index is 13.8. The van der Waals surface area contributed by atoms with Crippen LogP contribution >= 0.6 is 15.9 Å². The van der Waals surface area contributed by atoms with Gasteiger partial charge in [0.25, 0.3) is 0 Å². The first kappa shape index (κ1) is 16.1. The van der Waals surface area contributed by atoms with E-state index in [1.165, 1.54) is 31.3 Å². The molecule has 2 rings (SSSR count). The van der Waals surface area contributed by atoms with E-state index in [2.05, 4.69) is 15.9 Å². The van der Waals surface area contributed by atoms with E-state index in [1.807, 2.05) is 0 Å². The predicted molar refractivity (Wildman–Crippen MR) is 79.2 cm³/mol. The number of hydrogen-bond donors (Lipinski definition) is 0. The molecule has 0 N–H and O–H groups in total. The fraction of sp³-hybridized carbons (Fsp3) is 0.143. The van der Waals surface area contributed by atoms with Gasteiger partial charge in [-0.1, -0.05) is 22.0 Å². The number of nitrogens with zero attached hydrogens (tertiary/aromatic N) is 1. The van der Waals surface area contributed by atoms with Gasteiger partial charge >= 0.3 is 0 Å².